The second kappa shape index (κ2) is 7.53. The van der Waals surface area contributed by atoms with Gasteiger partial charge in [0, 0.05) is 33.1 Å². The van der Waals surface area contributed by atoms with Crippen LogP contribution in [-0.2, 0) is 9.59 Å². The van der Waals surface area contributed by atoms with Gasteiger partial charge in [-0.1, -0.05) is 0 Å². The highest BCUT2D eigenvalue weighted by Crippen LogP contribution is 2.42. The molecule has 7 heteroatoms. The monoisotopic (exact) mass is 362 g/mol. The number of rotatable bonds is 6. The average molecular weight is 362 g/mol. The third-order valence-corrected chi connectivity index (χ3v) is 5.83. The van der Waals surface area contributed by atoms with Gasteiger partial charge in [0.05, 0.1) is 18.6 Å². The zero-order chi connectivity index (χ0) is 18.7. The Balaban J connectivity index is 1.50. The standard InChI is InChI=1S/C19H26N2O5/c1-20-17(22)13-16(18(23)24)19(20)7-9-21(10-8-19)11-12-26-15-5-3-14(25-2)4-6-15/h3-6,16H,7-13H2,1-2H3,(H,23,24)/t16-/m1/s1. The highest BCUT2D eigenvalue weighted by molar-refractivity contribution is 5.88. The molecule has 2 aliphatic heterocycles. The number of hydrogen-bond donors (Lipinski definition) is 1. The SMILES string of the molecule is COc1ccc(OCCN2CCC3(CC2)[C@@H](C(=O)O)CC(=O)N3C)cc1. The van der Waals surface area contributed by atoms with Crippen LogP contribution in [0, 0.1) is 5.92 Å². The number of carbonyl (C=O) groups excluding carboxylic acids is 1. The predicted octanol–water partition coefficient (Wildman–Crippen LogP) is 1.47. The summed E-state index contributed by atoms with van der Waals surface area (Å²) in [5, 5.41) is 9.52. The Labute approximate surface area is 153 Å². The molecule has 1 amide bonds. The van der Waals surface area contributed by atoms with Crippen molar-refractivity contribution in [1.82, 2.24) is 9.80 Å². The van der Waals surface area contributed by atoms with Crippen molar-refractivity contribution in [2.75, 3.05) is 40.4 Å². The molecule has 2 aliphatic rings. The molecule has 26 heavy (non-hydrogen) atoms. The van der Waals surface area contributed by atoms with Gasteiger partial charge in [0.15, 0.2) is 0 Å². The maximum absolute atomic E-state index is 12.0. The second-order valence-electron chi connectivity index (χ2n) is 7.02. The molecular formula is C19H26N2O5. The number of ether oxygens (including phenoxy) is 2. The fourth-order valence-electron chi connectivity index (χ4n) is 4.11. The molecule has 142 valence electrons. The molecule has 0 aliphatic carbocycles. The number of aliphatic carboxylic acids is 1. The summed E-state index contributed by atoms with van der Waals surface area (Å²) in [5.41, 5.74) is -0.531. The van der Waals surface area contributed by atoms with Crippen LogP contribution >= 0.6 is 0 Å². The molecule has 0 bridgehead atoms. The molecule has 1 atom stereocenters. The Bertz CT molecular complexity index is 652. The summed E-state index contributed by atoms with van der Waals surface area (Å²) in [7, 11) is 3.37. The number of likely N-dealkylation sites (tertiary alicyclic amines) is 2. The molecule has 1 spiro atoms. The molecule has 3 rings (SSSR count). The predicted molar refractivity (Wildman–Crippen MR) is 95.4 cm³/mol. The van der Waals surface area contributed by atoms with E-state index in [4.69, 9.17) is 9.47 Å². The quantitative estimate of drug-likeness (QED) is 0.826. The maximum atomic E-state index is 12.0. The maximum Gasteiger partial charge on any atom is 0.309 e. The van der Waals surface area contributed by atoms with Gasteiger partial charge in [0.2, 0.25) is 5.91 Å². The van der Waals surface area contributed by atoms with Gasteiger partial charge in [-0.3, -0.25) is 14.5 Å². The Kier molecular flexibility index (Phi) is 5.36. The fraction of sp³-hybridized carbons (Fsp3) is 0.579. The zero-order valence-corrected chi connectivity index (χ0v) is 15.3. The lowest BCUT2D eigenvalue weighted by atomic mass is 9.77. The minimum Gasteiger partial charge on any atom is -0.497 e. The normalized spacial score (nSPS) is 22.6. The van der Waals surface area contributed by atoms with Gasteiger partial charge in [-0.25, -0.2) is 0 Å². The van der Waals surface area contributed by atoms with Crippen LogP contribution in [0.15, 0.2) is 24.3 Å². The van der Waals surface area contributed by atoms with Gasteiger partial charge in [-0.2, -0.15) is 0 Å². The van der Waals surface area contributed by atoms with Crippen molar-refractivity contribution in [1.29, 1.82) is 0 Å². The van der Waals surface area contributed by atoms with Gasteiger partial charge >= 0.3 is 5.97 Å². The number of carboxylic acid groups (broad SMARTS) is 1. The zero-order valence-electron chi connectivity index (χ0n) is 15.3. The van der Waals surface area contributed by atoms with E-state index in [0.717, 1.165) is 31.1 Å². The molecule has 0 saturated carbocycles. The summed E-state index contributed by atoms with van der Waals surface area (Å²) >= 11 is 0. The van der Waals surface area contributed by atoms with Gasteiger partial charge in [0.1, 0.15) is 18.1 Å². The Morgan fingerprint density at radius 2 is 1.85 bits per heavy atom. The van der Waals surface area contributed by atoms with Crippen LogP contribution in [0.2, 0.25) is 0 Å². The molecular weight excluding hydrogens is 336 g/mol. The van der Waals surface area contributed by atoms with Gasteiger partial charge in [-0.05, 0) is 37.1 Å². The summed E-state index contributed by atoms with van der Waals surface area (Å²) < 4.78 is 10.9. The molecule has 1 aromatic rings. The molecule has 1 aromatic carbocycles. The van der Waals surface area contributed by atoms with Gasteiger partial charge < -0.3 is 19.5 Å². The van der Waals surface area contributed by atoms with Crippen molar-refractivity contribution in [3.05, 3.63) is 24.3 Å². The number of methoxy groups -OCH3 is 1. The lowest BCUT2D eigenvalue weighted by Gasteiger charge is -2.45. The average Bonchev–Trinajstić information content (AvgIpc) is 2.89. The third-order valence-electron chi connectivity index (χ3n) is 5.83. The van der Waals surface area contributed by atoms with E-state index < -0.39 is 17.4 Å². The molecule has 2 saturated heterocycles. The summed E-state index contributed by atoms with van der Waals surface area (Å²) in [6.07, 6.45) is 1.50. The molecule has 0 unspecified atom stereocenters. The van der Waals surface area contributed by atoms with E-state index in [2.05, 4.69) is 4.90 Å². The largest absolute Gasteiger partial charge is 0.497 e. The van der Waals surface area contributed by atoms with Crippen LogP contribution in [0.1, 0.15) is 19.3 Å². The van der Waals surface area contributed by atoms with Gasteiger partial charge in [-0.15, -0.1) is 0 Å². The Morgan fingerprint density at radius 1 is 1.23 bits per heavy atom. The number of nitrogens with zero attached hydrogens (tertiary/aromatic N) is 2. The van der Waals surface area contributed by atoms with Crippen LogP contribution in [0.4, 0.5) is 0 Å². The first-order chi connectivity index (χ1) is 12.5. The highest BCUT2D eigenvalue weighted by Gasteiger charge is 2.55. The lowest BCUT2D eigenvalue weighted by molar-refractivity contribution is -0.146. The first kappa shape index (κ1) is 18.5. The van der Waals surface area contributed by atoms with E-state index in [9.17, 15) is 14.7 Å². The summed E-state index contributed by atoms with van der Waals surface area (Å²) in [6.45, 7) is 2.88. The van der Waals surface area contributed by atoms with Crippen molar-refractivity contribution in [3.63, 3.8) is 0 Å². The summed E-state index contributed by atoms with van der Waals surface area (Å²) in [4.78, 5) is 27.6. The van der Waals surface area contributed by atoms with Crippen molar-refractivity contribution in [2.24, 2.45) is 5.92 Å². The molecule has 0 radical (unpaired) electrons. The van der Waals surface area contributed by atoms with Crippen molar-refractivity contribution in [3.8, 4) is 11.5 Å². The molecule has 2 fully saturated rings. The second-order valence-corrected chi connectivity index (χ2v) is 7.02. The first-order valence-electron chi connectivity index (χ1n) is 8.95. The number of carbonyl (C=O) groups is 2. The van der Waals surface area contributed by atoms with E-state index in [1.165, 1.54) is 0 Å². The first-order valence-corrected chi connectivity index (χ1v) is 8.95. The molecule has 2 heterocycles. The van der Waals surface area contributed by atoms with Gasteiger partial charge in [0.25, 0.3) is 0 Å². The van der Waals surface area contributed by atoms with E-state index in [1.54, 1.807) is 19.1 Å². The number of hydrogen-bond acceptors (Lipinski definition) is 5. The minimum absolute atomic E-state index is 0.0614. The van der Waals surface area contributed by atoms with E-state index >= 15 is 0 Å². The van der Waals surface area contributed by atoms with Crippen molar-refractivity contribution < 1.29 is 24.2 Å². The van der Waals surface area contributed by atoms with Crippen LogP contribution in [0.25, 0.3) is 0 Å². The van der Waals surface area contributed by atoms with E-state index in [0.29, 0.717) is 19.4 Å². The van der Waals surface area contributed by atoms with Crippen LogP contribution in [0.3, 0.4) is 0 Å². The fourth-order valence-corrected chi connectivity index (χ4v) is 4.11. The summed E-state index contributed by atoms with van der Waals surface area (Å²) in [5.74, 6) is 0.0682. The molecule has 0 aromatic heterocycles. The minimum atomic E-state index is -0.862. The number of carboxylic acids is 1. The summed E-state index contributed by atoms with van der Waals surface area (Å²) in [6, 6.07) is 7.47. The number of benzene rings is 1. The van der Waals surface area contributed by atoms with E-state index in [-0.39, 0.29) is 12.3 Å². The van der Waals surface area contributed by atoms with Crippen LogP contribution in [0.5, 0.6) is 11.5 Å². The smallest absolute Gasteiger partial charge is 0.309 e. The Morgan fingerprint density at radius 3 is 2.42 bits per heavy atom. The number of amides is 1. The lowest BCUT2D eigenvalue weighted by Crippen LogP contribution is -2.56. The number of piperidine rings is 1. The highest BCUT2D eigenvalue weighted by atomic mass is 16.5. The van der Waals surface area contributed by atoms with Crippen molar-refractivity contribution >= 4 is 11.9 Å². The molecule has 7 nitrogen and oxygen atoms in total. The topological polar surface area (TPSA) is 79.3 Å². The van der Waals surface area contributed by atoms with Crippen molar-refractivity contribution in [2.45, 2.75) is 24.8 Å². The van der Waals surface area contributed by atoms with E-state index in [1.807, 2.05) is 24.3 Å². The Hall–Kier alpha value is -2.28. The third kappa shape index (κ3) is 3.49. The van der Waals surface area contributed by atoms with Crippen LogP contribution in [-0.4, -0.2) is 72.7 Å². The van der Waals surface area contributed by atoms with Crippen LogP contribution < -0.4 is 9.47 Å². The molecule has 1 N–H and O–H groups in total.